The second-order valence-electron chi connectivity index (χ2n) is 8.28. The summed E-state index contributed by atoms with van der Waals surface area (Å²) in [5.41, 5.74) is 4.04. The predicted molar refractivity (Wildman–Crippen MR) is 136 cm³/mol. The van der Waals surface area contributed by atoms with Crippen LogP contribution in [0.25, 0.3) is 11.3 Å². The summed E-state index contributed by atoms with van der Waals surface area (Å²) in [6, 6.07) is 12.1. The van der Waals surface area contributed by atoms with Crippen LogP contribution >= 0.6 is 34.5 Å². The molecule has 0 aliphatic heterocycles. The number of ether oxygens (including phenoxy) is 1. The number of nitrogens with zero attached hydrogens (tertiary/aromatic N) is 2. The lowest BCUT2D eigenvalue weighted by atomic mass is 9.99. The average molecular weight is 485 g/mol. The minimum atomic E-state index is 0.155. The SMILES string of the molecule is C#CCN(c1nc(-c2cc(C)c(OC)cc2Cl)c(C)s1)C(CC1CC1)c1ccc(Cl)cc1. The van der Waals surface area contributed by atoms with E-state index in [1.165, 1.54) is 18.4 Å². The zero-order valence-corrected chi connectivity index (χ0v) is 20.8. The van der Waals surface area contributed by atoms with E-state index in [9.17, 15) is 0 Å². The highest BCUT2D eigenvalue weighted by Crippen LogP contribution is 2.44. The summed E-state index contributed by atoms with van der Waals surface area (Å²) < 4.78 is 5.41. The van der Waals surface area contributed by atoms with E-state index in [-0.39, 0.29) is 6.04 Å². The third-order valence-electron chi connectivity index (χ3n) is 5.92. The second kappa shape index (κ2) is 9.75. The van der Waals surface area contributed by atoms with Gasteiger partial charge in [-0.15, -0.1) is 17.8 Å². The molecule has 32 heavy (non-hydrogen) atoms. The molecule has 4 rings (SSSR count). The lowest BCUT2D eigenvalue weighted by molar-refractivity contribution is 0.412. The van der Waals surface area contributed by atoms with Crippen molar-refractivity contribution < 1.29 is 4.74 Å². The first-order chi connectivity index (χ1) is 15.4. The van der Waals surface area contributed by atoms with Crippen molar-refractivity contribution in [2.24, 2.45) is 5.92 Å². The number of aryl methyl sites for hydroxylation is 2. The van der Waals surface area contributed by atoms with Crippen molar-refractivity contribution in [3.05, 3.63) is 62.4 Å². The van der Waals surface area contributed by atoms with Crippen LogP contribution in [0.3, 0.4) is 0 Å². The van der Waals surface area contributed by atoms with E-state index in [1.807, 2.05) is 31.2 Å². The van der Waals surface area contributed by atoms with E-state index in [2.05, 4.69) is 29.9 Å². The maximum absolute atomic E-state index is 6.61. The topological polar surface area (TPSA) is 25.4 Å². The number of anilines is 1. The van der Waals surface area contributed by atoms with E-state index >= 15 is 0 Å². The van der Waals surface area contributed by atoms with Gasteiger partial charge in [-0.3, -0.25) is 0 Å². The standard InChI is InChI=1S/C26H26Cl2N2OS/c1-5-12-30(23(14-18-6-7-18)19-8-10-20(27)11-9-19)26-29-25(17(3)32-26)21-13-16(2)24(31-4)15-22(21)28/h1,8-11,13,15,18,23H,6-7,12,14H2,2-4H3. The first-order valence-corrected chi connectivity index (χ1v) is 12.3. The Morgan fingerprint density at radius 2 is 1.94 bits per heavy atom. The van der Waals surface area contributed by atoms with Gasteiger partial charge in [0.25, 0.3) is 0 Å². The summed E-state index contributed by atoms with van der Waals surface area (Å²) in [5, 5.41) is 2.28. The minimum absolute atomic E-state index is 0.155. The summed E-state index contributed by atoms with van der Waals surface area (Å²) in [6.45, 7) is 4.58. The number of rotatable bonds is 8. The van der Waals surface area contributed by atoms with Gasteiger partial charge in [-0.1, -0.05) is 54.1 Å². The van der Waals surface area contributed by atoms with E-state index in [4.69, 9.17) is 39.3 Å². The summed E-state index contributed by atoms with van der Waals surface area (Å²) in [5.74, 6) is 4.35. The molecule has 0 radical (unpaired) electrons. The molecule has 6 heteroatoms. The van der Waals surface area contributed by atoms with Gasteiger partial charge in [0.05, 0.1) is 30.4 Å². The van der Waals surface area contributed by atoms with Gasteiger partial charge in [0.15, 0.2) is 5.13 Å². The molecule has 1 aliphatic carbocycles. The largest absolute Gasteiger partial charge is 0.496 e. The number of terminal acetylenes is 1. The van der Waals surface area contributed by atoms with E-state index in [0.29, 0.717) is 11.6 Å². The quantitative estimate of drug-likeness (QED) is 0.306. The Kier molecular flexibility index (Phi) is 7.00. The van der Waals surface area contributed by atoms with Crippen molar-refractivity contribution in [2.45, 2.75) is 39.2 Å². The molecule has 1 aromatic heterocycles. The minimum Gasteiger partial charge on any atom is -0.496 e. The lowest BCUT2D eigenvalue weighted by Crippen LogP contribution is -2.29. The van der Waals surface area contributed by atoms with Gasteiger partial charge >= 0.3 is 0 Å². The summed E-state index contributed by atoms with van der Waals surface area (Å²) in [7, 11) is 1.65. The molecule has 1 unspecified atom stereocenters. The number of halogens is 2. The maximum Gasteiger partial charge on any atom is 0.187 e. The van der Waals surface area contributed by atoms with Gasteiger partial charge in [-0.2, -0.15) is 0 Å². The average Bonchev–Trinajstić information content (AvgIpc) is 3.52. The monoisotopic (exact) mass is 484 g/mol. The number of hydrogen-bond acceptors (Lipinski definition) is 4. The number of thiazole rings is 1. The highest BCUT2D eigenvalue weighted by molar-refractivity contribution is 7.16. The molecule has 0 N–H and O–H groups in total. The lowest BCUT2D eigenvalue weighted by Gasteiger charge is -2.30. The van der Waals surface area contributed by atoms with Crippen LogP contribution in [0.4, 0.5) is 5.13 Å². The van der Waals surface area contributed by atoms with Gasteiger partial charge in [0.1, 0.15) is 5.75 Å². The second-order valence-corrected chi connectivity index (χ2v) is 10.3. The van der Waals surface area contributed by atoms with Crippen molar-refractivity contribution in [3.8, 4) is 29.4 Å². The Morgan fingerprint density at radius 3 is 2.56 bits per heavy atom. The normalized spacial score (nSPS) is 14.1. The number of methoxy groups -OCH3 is 1. The van der Waals surface area contributed by atoms with E-state index in [1.54, 1.807) is 18.4 Å². The Hall–Kier alpha value is -2.19. The maximum atomic E-state index is 6.61. The molecule has 0 bridgehead atoms. The zero-order valence-electron chi connectivity index (χ0n) is 18.5. The van der Waals surface area contributed by atoms with Crippen molar-refractivity contribution in [3.63, 3.8) is 0 Å². The first kappa shape index (κ1) is 23.0. The fourth-order valence-electron chi connectivity index (χ4n) is 4.03. The van der Waals surface area contributed by atoms with Gasteiger partial charge in [-0.05, 0) is 61.6 Å². The number of aromatic nitrogens is 1. The molecular formula is C26H26Cl2N2OS. The van der Waals surface area contributed by atoms with Crippen molar-refractivity contribution in [1.82, 2.24) is 4.98 Å². The van der Waals surface area contributed by atoms with Crippen LogP contribution in [0, 0.1) is 32.1 Å². The molecule has 2 aromatic carbocycles. The van der Waals surface area contributed by atoms with E-state index < -0.39 is 0 Å². The molecule has 1 saturated carbocycles. The van der Waals surface area contributed by atoms with Crippen molar-refractivity contribution in [1.29, 1.82) is 0 Å². The van der Waals surface area contributed by atoms with E-state index in [0.717, 1.165) is 49.9 Å². The first-order valence-electron chi connectivity index (χ1n) is 10.7. The van der Waals surface area contributed by atoms with Gasteiger partial charge in [-0.25, -0.2) is 4.98 Å². The highest BCUT2D eigenvalue weighted by atomic mass is 35.5. The molecule has 0 saturated heterocycles. The number of benzene rings is 2. The summed E-state index contributed by atoms with van der Waals surface area (Å²) >= 11 is 14.4. The third-order valence-corrected chi connectivity index (χ3v) is 7.49. The highest BCUT2D eigenvalue weighted by Gasteiger charge is 2.31. The molecule has 1 heterocycles. The molecule has 1 aliphatic rings. The molecule has 0 amide bonds. The predicted octanol–water partition coefficient (Wildman–Crippen LogP) is 7.72. The van der Waals surface area contributed by atoms with Crippen molar-refractivity contribution >= 4 is 39.7 Å². The van der Waals surface area contributed by atoms with Gasteiger partial charge in [0, 0.05) is 15.5 Å². The Labute approximate surface area is 204 Å². The summed E-state index contributed by atoms with van der Waals surface area (Å²) in [4.78, 5) is 8.41. The van der Waals surface area contributed by atoms with Gasteiger partial charge in [0.2, 0.25) is 0 Å². The third kappa shape index (κ3) is 4.91. The van der Waals surface area contributed by atoms with Crippen LogP contribution in [0.15, 0.2) is 36.4 Å². The molecule has 1 atom stereocenters. The van der Waals surface area contributed by atoms with Crippen molar-refractivity contribution in [2.75, 3.05) is 18.6 Å². The fraction of sp³-hybridized carbons (Fsp3) is 0.346. The van der Waals surface area contributed by atoms with Crippen LogP contribution in [0.1, 0.15) is 41.3 Å². The van der Waals surface area contributed by atoms with Gasteiger partial charge < -0.3 is 9.64 Å². The molecule has 3 nitrogen and oxygen atoms in total. The number of hydrogen-bond donors (Lipinski definition) is 0. The fourth-order valence-corrected chi connectivity index (χ4v) is 5.37. The zero-order chi connectivity index (χ0) is 22.8. The van der Waals surface area contributed by atoms with Crippen LogP contribution < -0.4 is 9.64 Å². The Bertz CT molecular complexity index is 1150. The van der Waals surface area contributed by atoms with Crippen LogP contribution in [-0.4, -0.2) is 18.6 Å². The van der Waals surface area contributed by atoms with Crippen LogP contribution in [-0.2, 0) is 0 Å². The summed E-state index contributed by atoms with van der Waals surface area (Å²) in [6.07, 6.45) is 9.42. The molecule has 166 valence electrons. The smallest absolute Gasteiger partial charge is 0.187 e. The van der Waals surface area contributed by atoms with Crippen LogP contribution in [0.5, 0.6) is 5.75 Å². The van der Waals surface area contributed by atoms with Crippen LogP contribution in [0.2, 0.25) is 10.0 Å². The molecule has 3 aromatic rings. The molecular weight excluding hydrogens is 459 g/mol. The Morgan fingerprint density at radius 1 is 1.22 bits per heavy atom. The Balaban J connectivity index is 1.75. The molecule has 0 spiro atoms. The molecule has 1 fully saturated rings.